The van der Waals surface area contributed by atoms with Gasteiger partial charge in [-0.15, -0.1) is 0 Å². The van der Waals surface area contributed by atoms with Crippen molar-refractivity contribution in [2.24, 2.45) is 0 Å². The molecule has 4 nitrogen and oxygen atoms in total. The highest BCUT2D eigenvalue weighted by atomic mass is 15.1. The molecule has 0 aliphatic rings. The van der Waals surface area contributed by atoms with Crippen molar-refractivity contribution in [2.75, 3.05) is 0 Å². The van der Waals surface area contributed by atoms with Crippen molar-refractivity contribution < 1.29 is 0 Å². The van der Waals surface area contributed by atoms with E-state index in [1.54, 1.807) is 6.08 Å². The van der Waals surface area contributed by atoms with Gasteiger partial charge >= 0.3 is 0 Å². The van der Waals surface area contributed by atoms with Crippen LogP contribution in [0.2, 0.25) is 0 Å². The molecular formula is C59H40N4. The van der Waals surface area contributed by atoms with Crippen LogP contribution in [0.3, 0.4) is 0 Å². The van der Waals surface area contributed by atoms with Gasteiger partial charge in [0.05, 0.1) is 50.7 Å². The number of aromatic nitrogens is 3. The topological polar surface area (TPSA) is 38.6 Å². The van der Waals surface area contributed by atoms with E-state index in [2.05, 4.69) is 203 Å². The molecule has 0 aliphatic carbocycles. The summed E-state index contributed by atoms with van der Waals surface area (Å²) < 4.78 is 6.89. The van der Waals surface area contributed by atoms with E-state index in [-0.39, 0.29) is 0 Å². The van der Waals surface area contributed by atoms with Gasteiger partial charge in [0, 0.05) is 44.3 Å². The van der Waals surface area contributed by atoms with Gasteiger partial charge in [0.25, 0.3) is 0 Å². The van der Waals surface area contributed by atoms with Gasteiger partial charge in [-0.3, -0.25) is 0 Å². The van der Waals surface area contributed by atoms with Crippen molar-refractivity contribution in [1.29, 1.82) is 5.26 Å². The van der Waals surface area contributed by atoms with Crippen LogP contribution >= 0.6 is 0 Å². The maximum atomic E-state index is 10.2. The van der Waals surface area contributed by atoms with Crippen molar-refractivity contribution in [1.82, 2.24) is 13.7 Å². The summed E-state index contributed by atoms with van der Waals surface area (Å²) in [7, 11) is 0. The van der Waals surface area contributed by atoms with Crippen LogP contribution in [-0.2, 0) is 0 Å². The lowest BCUT2D eigenvalue weighted by Gasteiger charge is -2.17. The van der Waals surface area contributed by atoms with Gasteiger partial charge in [-0.1, -0.05) is 147 Å². The summed E-state index contributed by atoms with van der Waals surface area (Å²) in [6.07, 6.45) is 9.27. The van der Waals surface area contributed by atoms with E-state index < -0.39 is 0 Å². The summed E-state index contributed by atoms with van der Waals surface area (Å²) in [4.78, 5) is 0. The van der Waals surface area contributed by atoms with Crippen LogP contribution in [0.25, 0.3) is 117 Å². The molecule has 11 rings (SSSR count). The number of benzene rings is 8. The maximum Gasteiger partial charge on any atom is 0.0912 e. The highest BCUT2D eigenvalue weighted by Crippen LogP contribution is 2.43. The molecule has 3 aromatic heterocycles. The zero-order valence-electron chi connectivity index (χ0n) is 34.5. The Kier molecular flexibility index (Phi) is 8.96. The van der Waals surface area contributed by atoms with Gasteiger partial charge in [0.2, 0.25) is 0 Å². The minimum atomic E-state index is 0.823. The van der Waals surface area contributed by atoms with Crippen molar-refractivity contribution in [2.45, 2.75) is 0 Å². The van der Waals surface area contributed by atoms with Crippen LogP contribution in [0, 0.1) is 11.3 Å². The first-order valence-electron chi connectivity index (χ1n) is 21.1. The number of allylic oxidation sites excluding steroid dienone is 5. The van der Waals surface area contributed by atoms with Gasteiger partial charge in [-0.05, 0) is 106 Å². The monoisotopic (exact) mass is 804 g/mol. The number of para-hydroxylation sites is 1. The number of hydrogen-bond acceptors (Lipinski definition) is 1. The third-order valence-electron chi connectivity index (χ3n) is 12.5. The summed E-state index contributed by atoms with van der Waals surface area (Å²) in [6.45, 7) is 12.9. The predicted octanol–water partition coefficient (Wildman–Crippen LogP) is 15.7. The van der Waals surface area contributed by atoms with E-state index in [1.165, 1.54) is 0 Å². The lowest BCUT2D eigenvalue weighted by molar-refractivity contribution is 1.11. The number of nitrogens with zero attached hydrogens (tertiary/aromatic N) is 4. The Balaban J connectivity index is 1.25. The summed E-state index contributed by atoms with van der Waals surface area (Å²) in [6, 6.07) is 64.9. The number of nitriles is 1. The molecule has 0 unspecified atom stereocenters. The van der Waals surface area contributed by atoms with Crippen molar-refractivity contribution in [3.05, 3.63) is 225 Å². The molecule has 296 valence electrons. The van der Waals surface area contributed by atoms with Crippen LogP contribution < -0.4 is 0 Å². The second-order valence-corrected chi connectivity index (χ2v) is 15.7. The normalized spacial score (nSPS) is 12.2. The Bertz CT molecular complexity index is 3690. The molecule has 0 spiro atoms. The molecule has 8 aromatic carbocycles. The molecule has 3 heterocycles. The van der Waals surface area contributed by atoms with Gasteiger partial charge in [0.1, 0.15) is 0 Å². The first-order chi connectivity index (χ1) is 31.1. The minimum Gasteiger partial charge on any atom is -0.309 e. The van der Waals surface area contributed by atoms with E-state index in [0.717, 1.165) is 116 Å². The fourth-order valence-corrected chi connectivity index (χ4v) is 9.76. The molecule has 0 aliphatic heterocycles. The molecule has 0 saturated heterocycles. The van der Waals surface area contributed by atoms with E-state index in [4.69, 9.17) is 0 Å². The average Bonchev–Trinajstić information content (AvgIpc) is 3.98. The predicted molar refractivity (Wildman–Crippen MR) is 269 cm³/mol. The molecule has 0 N–H and O–H groups in total. The lowest BCUT2D eigenvalue weighted by atomic mass is 10.0. The smallest absolute Gasteiger partial charge is 0.0912 e. The molecular weight excluding hydrogens is 765 g/mol. The molecule has 11 aromatic rings. The summed E-state index contributed by atoms with van der Waals surface area (Å²) in [5.41, 5.74) is 14.5. The average molecular weight is 805 g/mol. The zero-order chi connectivity index (χ0) is 42.6. The van der Waals surface area contributed by atoms with E-state index in [9.17, 15) is 5.26 Å². The van der Waals surface area contributed by atoms with Crippen LogP contribution in [0.15, 0.2) is 214 Å². The lowest BCUT2D eigenvalue weighted by Crippen LogP contribution is -2.04. The standard InChI is InChI=1S/C59H40N4/c1-4-45-47-24-15-16-25-53(47)61(51(45)5-2)44-30-34-56-50(38-44)59-46-23-14-13-22-41(46)27-33-58(59)62(56)52(6-3)57(26-17-35-60)63-54-31-28-42(39-18-9-7-10-19-39)36-48(54)49-37-43(29-32-55(49)63)40-20-11-8-12-21-40/h4-34,36-38H,1-3H2/b26-17+,57-52-. The van der Waals surface area contributed by atoms with Crippen LogP contribution in [-0.4, -0.2) is 13.7 Å². The molecule has 4 heteroatoms. The maximum absolute atomic E-state index is 10.2. The fraction of sp³-hybridized carbons (Fsp3) is 0. The Labute approximate surface area is 365 Å². The van der Waals surface area contributed by atoms with Gasteiger partial charge in [0.15, 0.2) is 0 Å². The quantitative estimate of drug-likeness (QED) is 0.106. The summed E-state index contributed by atoms with van der Waals surface area (Å²) in [5, 5.41) is 18.1. The van der Waals surface area contributed by atoms with Crippen LogP contribution in [0.1, 0.15) is 11.3 Å². The first-order valence-corrected chi connectivity index (χ1v) is 21.1. The second-order valence-electron chi connectivity index (χ2n) is 15.7. The number of fused-ring (bicyclic) bond motifs is 9. The molecule has 0 bridgehead atoms. The van der Waals surface area contributed by atoms with Crippen LogP contribution in [0.5, 0.6) is 0 Å². The molecule has 0 radical (unpaired) electrons. The Hall–Kier alpha value is -8.65. The molecule has 0 saturated carbocycles. The van der Waals surface area contributed by atoms with Crippen LogP contribution in [0.4, 0.5) is 0 Å². The molecule has 0 atom stereocenters. The van der Waals surface area contributed by atoms with Gasteiger partial charge in [-0.2, -0.15) is 5.26 Å². The minimum absolute atomic E-state index is 0.823. The Morgan fingerprint density at radius 1 is 0.460 bits per heavy atom. The van der Waals surface area contributed by atoms with E-state index in [1.807, 2.05) is 36.4 Å². The highest BCUT2D eigenvalue weighted by Gasteiger charge is 2.23. The molecule has 0 fully saturated rings. The fourth-order valence-electron chi connectivity index (χ4n) is 9.76. The molecule has 0 amide bonds. The Morgan fingerprint density at radius 3 is 1.67 bits per heavy atom. The van der Waals surface area contributed by atoms with Crippen molar-refractivity contribution >= 4 is 88.8 Å². The third-order valence-corrected chi connectivity index (χ3v) is 12.5. The van der Waals surface area contributed by atoms with Crippen molar-refractivity contribution in [3.8, 4) is 34.0 Å². The van der Waals surface area contributed by atoms with Crippen molar-refractivity contribution in [3.63, 3.8) is 0 Å². The highest BCUT2D eigenvalue weighted by molar-refractivity contribution is 6.23. The summed E-state index contributed by atoms with van der Waals surface area (Å²) >= 11 is 0. The Morgan fingerprint density at radius 2 is 1.03 bits per heavy atom. The zero-order valence-corrected chi connectivity index (χ0v) is 34.5. The number of rotatable bonds is 9. The van der Waals surface area contributed by atoms with Gasteiger partial charge < -0.3 is 13.7 Å². The number of hydrogen-bond donors (Lipinski definition) is 0. The molecule has 63 heavy (non-hydrogen) atoms. The summed E-state index contributed by atoms with van der Waals surface area (Å²) in [5.74, 6) is 0. The van der Waals surface area contributed by atoms with E-state index in [0.29, 0.717) is 0 Å². The first kappa shape index (κ1) is 37.4. The SMILES string of the molecule is C=C/C(=C(\C=C\C#N)n1c2ccc(-c3ccccc3)cc2c2cc(-c3ccccc3)ccc21)n1c2ccc(-n3c(C=C)c(C=C)c4ccccc43)cc2c2c3ccccc3ccc21. The van der Waals surface area contributed by atoms with E-state index >= 15 is 0 Å². The third kappa shape index (κ3) is 5.83. The largest absolute Gasteiger partial charge is 0.309 e. The second kappa shape index (κ2) is 15.1. The van der Waals surface area contributed by atoms with Gasteiger partial charge in [-0.25, -0.2) is 0 Å².